The van der Waals surface area contributed by atoms with Crippen molar-refractivity contribution in [3.63, 3.8) is 0 Å². The summed E-state index contributed by atoms with van der Waals surface area (Å²) in [5.74, 6) is 0.353. The largest absolute Gasteiger partial charge is 0.369 e. The molecule has 0 radical (unpaired) electrons. The number of thiazole rings is 1. The van der Waals surface area contributed by atoms with Gasteiger partial charge in [0.2, 0.25) is 0 Å². The van der Waals surface area contributed by atoms with E-state index in [1.165, 1.54) is 12.4 Å². The van der Waals surface area contributed by atoms with E-state index in [0.29, 0.717) is 16.7 Å². The number of hydrogen-bond donors (Lipinski definition) is 1. The molecule has 108 valence electrons. The van der Waals surface area contributed by atoms with Crippen LogP contribution in [0.25, 0.3) is 10.9 Å². The van der Waals surface area contributed by atoms with E-state index < -0.39 is 0 Å². The van der Waals surface area contributed by atoms with Gasteiger partial charge in [0.25, 0.3) is 0 Å². The van der Waals surface area contributed by atoms with Gasteiger partial charge in [-0.25, -0.2) is 19.3 Å². The Bertz CT molecular complexity index is 756. The molecule has 0 unspecified atom stereocenters. The van der Waals surface area contributed by atoms with E-state index in [9.17, 15) is 4.39 Å². The van der Waals surface area contributed by atoms with Gasteiger partial charge in [-0.2, -0.15) is 0 Å². The summed E-state index contributed by atoms with van der Waals surface area (Å²) >= 11 is 1.69. The van der Waals surface area contributed by atoms with E-state index in [0.717, 1.165) is 30.1 Å². The third-order valence-electron chi connectivity index (χ3n) is 3.14. The first-order valence-electron chi connectivity index (χ1n) is 6.78. The number of nitrogens with zero attached hydrogens (tertiary/aromatic N) is 3. The van der Waals surface area contributed by atoms with E-state index in [2.05, 4.69) is 25.6 Å². The van der Waals surface area contributed by atoms with Gasteiger partial charge in [0.05, 0.1) is 5.01 Å². The molecule has 0 saturated carbocycles. The van der Waals surface area contributed by atoms with Gasteiger partial charge in [0, 0.05) is 29.4 Å². The Morgan fingerprint density at radius 1 is 1.29 bits per heavy atom. The van der Waals surface area contributed by atoms with E-state index in [-0.39, 0.29) is 5.82 Å². The lowest BCUT2D eigenvalue weighted by Crippen LogP contribution is -2.05. The second kappa shape index (κ2) is 6.13. The fourth-order valence-electron chi connectivity index (χ4n) is 2.16. The first-order chi connectivity index (χ1) is 10.2. The molecule has 21 heavy (non-hydrogen) atoms. The molecule has 2 heterocycles. The summed E-state index contributed by atoms with van der Waals surface area (Å²) in [5.41, 5.74) is 1.42. The molecule has 0 amide bonds. The van der Waals surface area contributed by atoms with E-state index >= 15 is 0 Å². The molecule has 0 spiro atoms. The van der Waals surface area contributed by atoms with Crippen molar-refractivity contribution in [3.8, 4) is 0 Å². The minimum atomic E-state index is -0.323. The molecule has 4 nitrogen and oxygen atoms in total. The lowest BCUT2D eigenvalue weighted by Gasteiger charge is -2.07. The smallest absolute Gasteiger partial charge is 0.149 e. The standard InChI is InChI=1S/C15H15FN4S/c1-10-8-21-13(20-10)6-3-7-17-15-11-4-2-5-12(16)14(11)18-9-19-15/h2,4-5,8-9H,3,6-7H2,1H3,(H,17,18,19). The van der Waals surface area contributed by atoms with Crippen molar-refractivity contribution in [3.05, 3.63) is 46.4 Å². The van der Waals surface area contributed by atoms with Crippen LogP contribution in [0.4, 0.5) is 10.2 Å². The molecular formula is C15H15FN4S. The number of benzene rings is 1. The number of anilines is 1. The van der Waals surface area contributed by atoms with Crippen molar-refractivity contribution < 1.29 is 4.39 Å². The summed E-state index contributed by atoms with van der Waals surface area (Å²) in [4.78, 5) is 12.6. The third-order valence-corrected chi connectivity index (χ3v) is 4.17. The molecule has 3 rings (SSSR count). The SMILES string of the molecule is Cc1csc(CCCNc2ncnc3c(F)cccc23)n1. The monoisotopic (exact) mass is 302 g/mol. The Morgan fingerprint density at radius 2 is 2.19 bits per heavy atom. The van der Waals surface area contributed by atoms with Gasteiger partial charge in [-0.1, -0.05) is 6.07 Å². The number of rotatable bonds is 5. The molecule has 0 atom stereocenters. The topological polar surface area (TPSA) is 50.7 Å². The molecule has 0 aliphatic rings. The molecular weight excluding hydrogens is 287 g/mol. The normalized spacial score (nSPS) is 11.0. The van der Waals surface area contributed by atoms with Crippen LogP contribution in [-0.4, -0.2) is 21.5 Å². The lowest BCUT2D eigenvalue weighted by atomic mass is 10.2. The van der Waals surface area contributed by atoms with Crippen LogP contribution in [0.15, 0.2) is 29.9 Å². The summed E-state index contributed by atoms with van der Waals surface area (Å²) in [6, 6.07) is 4.90. The fourth-order valence-corrected chi connectivity index (χ4v) is 2.97. The molecule has 1 N–H and O–H groups in total. The maximum absolute atomic E-state index is 13.7. The van der Waals surface area contributed by atoms with Crippen molar-refractivity contribution in [1.29, 1.82) is 0 Å². The molecule has 2 aromatic heterocycles. The van der Waals surface area contributed by atoms with Crippen molar-refractivity contribution in [2.24, 2.45) is 0 Å². The number of hydrogen-bond acceptors (Lipinski definition) is 5. The molecule has 0 aliphatic heterocycles. The summed E-state index contributed by atoms with van der Waals surface area (Å²) < 4.78 is 13.7. The highest BCUT2D eigenvalue weighted by atomic mass is 32.1. The number of aryl methyl sites for hydroxylation is 2. The zero-order valence-electron chi connectivity index (χ0n) is 11.6. The van der Waals surface area contributed by atoms with Gasteiger partial charge in [0.1, 0.15) is 23.5 Å². The van der Waals surface area contributed by atoms with E-state index in [1.807, 2.05) is 13.0 Å². The van der Waals surface area contributed by atoms with Crippen molar-refractivity contribution in [2.75, 3.05) is 11.9 Å². The Balaban J connectivity index is 1.64. The van der Waals surface area contributed by atoms with Crippen LogP contribution in [0.2, 0.25) is 0 Å². The average Bonchev–Trinajstić information content (AvgIpc) is 2.90. The van der Waals surface area contributed by atoms with Gasteiger partial charge >= 0.3 is 0 Å². The molecule has 3 aromatic rings. The second-order valence-electron chi connectivity index (χ2n) is 4.77. The number of aromatic nitrogens is 3. The maximum atomic E-state index is 13.7. The Kier molecular flexibility index (Phi) is 4.06. The number of para-hydroxylation sites is 1. The predicted molar refractivity (Wildman–Crippen MR) is 83.2 cm³/mol. The third kappa shape index (κ3) is 3.16. The van der Waals surface area contributed by atoms with E-state index in [4.69, 9.17) is 0 Å². The first-order valence-corrected chi connectivity index (χ1v) is 7.66. The lowest BCUT2D eigenvalue weighted by molar-refractivity contribution is 0.636. The molecule has 1 aromatic carbocycles. The quantitative estimate of drug-likeness (QED) is 0.732. The predicted octanol–water partition coefficient (Wildman–Crippen LogP) is 3.58. The van der Waals surface area contributed by atoms with Crippen LogP contribution in [0.1, 0.15) is 17.1 Å². The number of halogens is 1. The maximum Gasteiger partial charge on any atom is 0.149 e. The summed E-state index contributed by atoms with van der Waals surface area (Å²) in [6.07, 6.45) is 3.27. The minimum absolute atomic E-state index is 0.323. The Hall–Kier alpha value is -2.08. The van der Waals surface area contributed by atoms with Crippen LogP contribution in [-0.2, 0) is 6.42 Å². The molecule has 0 saturated heterocycles. The molecule has 0 fully saturated rings. The highest BCUT2D eigenvalue weighted by Gasteiger charge is 2.06. The van der Waals surface area contributed by atoms with E-state index in [1.54, 1.807) is 17.4 Å². The summed E-state index contributed by atoms with van der Waals surface area (Å²) in [5, 5.41) is 7.17. The van der Waals surface area contributed by atoms with Crippen molar-refractivity contribution in [1.82, 2.24) is 15.0 Å². The zero-order chi connectivity index (χ0) is 14.7. The van der Waals surface area contributed by atoms with Gasteiger partial charge in [-0.3, -0.25) is 0 Å². The van der Waals surface area contributed by atoms with Crippen LogP contribution in [0, 0.1) is 12.7 Å². The average molecular weight is 302 g/mol. The van der Waals surface area contributed by atoms with Gasteiger partial charge < -0.3 is 5.32 Å². The fraction of sp³-hybridized carbons (Fsp3) is 0.267. The highest BCUT2D eigenvalue weighted by Crippen LogP contribution is 2.21. The zero-order valence-corrected chi connectivity index (χ0v) is 12.5. The second-order valence-corrected chi connectivity index (χ2v) is 5.71. The van der Waals surface area contributed by atoms with Crippen LogP contribution < -0.4 is 5.32 Å². The van der Waals surface area contributed by atoms with Crippen LogP contribution in [0.3, 0.4) is 0 Å². The first kappa shape index (κ1) is 13.9. The highest BCUT2D eigenvalue weighted by molar-refractivity contribution is 7.09. The van der Waals surface area contributed by atoms with Gasteiger partial charge in [-0.05, 0) is 25.5 Å². The molecule has 6 heteroatoms. The van der Waals surface area contributed by atoms with Gasteiger partial charge in [-0.15, -0.1) is 11.3 Å². The number of fused-ring (bicyclic) bond motifs is 1. The summed E-state index contributed by atoms with van der Waals surface area (Å²) in [6.45, 7) is 2.76. The van der Waals surface area contributed by atoms with Crippen molar-refractivity contribution in [2.45, 2.75) is 19.8 Å². The summed E-state index contributed by atoms with van der Waals surface area (Å²) in [7, 11) is 0. The Morgan fingerprint density at radius 3 is 3.00 bits per heavy atom. The number of nitrogens with one attached hydrogen (secondary N) is 1. The Labute approximate surface area is 126 Å². The van der Waals surface area contributed by atoms with Crippen molar-refractivity contribution >= 4 is 28.1 Å². The van der Waals surface area contributed by atoms with Crippen LogP contribution >= 0.6 is 11.3 Å². The molecule has 0 aliphatic carbocycles. The molecule has 0 bridgehead atoms. The van der Waals surface area contributed by atoms with Crippen LogP contribution in [0.5, 0.6) is 0 Å². The minimum Gasteiger partial charge on any atom is -0.369 e. The van der Waals surface area contributed by atoms with Gasteiger partial charge in [0.15, 0.2) is 0 Å².